The molecule has 0 aromatic rings. The molecule has 3 heteroatoms. The van der Waals surface area contributed by atoms with Gasteiger partial charge in [0.1, 0.15) is 0 Å². The summed E-state index contributed by atoms with van der Waals surface area (Å²) in [6, 6.07) is 0. The molecule has 0 spiro atoms. The Labute approximate surface area is 68.1 Å². The van der Waals surface area contributed by atoms with E-state index in [9.17, 15) is 4.79 Å². The molecular weight excluding hydrogens is 196 g/mol. The second-order valence-electron chi connectivity index (χ2n) is 3.02. The molecule has 2 fully saturated rings. The summed E-state index contributed by atoms with van der Waals surface area (Å²) in [5, 5.41) is 0. The summed E-state index contributed by atoms with van der Waals surface area (Å²) >= 11 is 3.52. The fourth-order valence-corrected chi connectivity index (χ4v) is 2.66. The van der Waals surface area contributed by atoms with Gasteiger partial charge in [-0.3, -0.25) is 4.79 Å². The Morgan fingerprint density at radius 1 is 1.50 bits per heavy atom. The molecule has 0 aromatic carbocycles. The Kier molecular flexibility index (Phi) is 1.48. The summed E-state index contributed by atoms with van der Waals surface area (Å²) in [5.41, 5.74) is 0. The number of halogens is 1. The first-order chi connectivity index (χ1) is 4.79. The Morgan fingerprint density at radius 2 is 2.30 bits per heavy atom. The second-order valence-corrected chi connectivity index (χ2v) is 4.08. The fourth-order valence-electron chi connectivity index (χ4n) is 1.76. The average molecular weight is 205 g/mol. The van der Waals surface area contributed by atoms with Crippen LogP contribution >= 0.6 is 15.9 Å². The molecule has 0 N–H and O–H groups in total. The Morgan fingerprint density at radius 3 is 3.00 bits per heavy atom. The van der Waals surface area contributed by atoms with Crippen LogP contribution in [0.2, 0.25) is 0 Å². The van der Waals surface area contributed by atoms with Gasteiger partial charge in [-0.2, -0.15) is 0 Å². The van der Waals surface area contributed by atoms with E-state index < -0.39 is 0 Å². The maximum atomic E-state index is 11.0. The lowest BCUT2D eigenvalue weighted by Crippen LogP contribution is -2.33. The number of hydrogen-bond acceptors (Lipinski definition) is 2. The molecule has 1 saturated heterocycles. The topological polar surface area (TPSA) is 26.3 Å². The first-order valence-electron chi connectivity index (χ1n) is 3.60. The zero-order valence-electron chi connectivity index (χ0n) is 5.55. The third-order valence-corrected chi connectivity index (χ3v) is 3.81. The SMILES string of the molecule is O=C1OCC2CCC1C2Br. The molecule has 0 radical (unpaired) electrons. The molecule has 3 unspecified atom stereocenters. The molecule has 3 atom stereocenters. The average Bonchev–Trinajstić information content (AvgIpc) is 2.13. The number of fused-ring (bicyclic) bond motifs is 2. The number of alkyl halides is 1. The summed E-state index contributed by atoms with van der Waals surface area (Å²) in [5.74, 6) is 0.733. The van der Waals surface area contributed by atoms with Crippen LogP contribution in [-0.4, -0.2) is 17.4 Å². The van der Waals surface area contributed by atoms with E-state index in [2.05, 4.69) is 15.9 Å². The van der Waals surface area contributed by atoms with E-state index in [0.717, 1.165) is 12.8 Å². The van der Waals surface area contributed by atoms with Crippen LogP contribution in [0.25, 0.3) is 0 Å². The number of carbonyl (C=O) groups excluding carboxylic acids is 1. The Hall–Kier alpha value is -0.0500. The Bertz CT molecular complexity index is 169. The van der Waals surface area contributed by atoms with Crippen molar-refractivity contribution < 1.29 is 9.53 Å². The van der Waals surface area contributed by atoms with Gasteiger partial charge in [-0.25, -0.2) is 0 Å². The summed E-state index contributed by atoms with van der Waals surface area (Å²) in [6.45, 7) is 0.630. The lowest BCUT2D eigenvalue weighted by molar-refractivity contribution is -0.152. The number of hydrogen-bond donors (Lipinski definition) is 0. The summed E-state index contributed by atoms with van der Waals surface area (Å²) < 4.78 is 4.97. The molecule has 2 rings (SSSR count). The van der Waals surface area contributed by atoms with Gasteiger partial charge in [-0.05, 0) is 12.8 Å². The van der Waals surface area contributed by atoms with Gasteiger partial charge in [0.05, 0.1) is 12.5 Å². The van der Waals surface area contributed by atoms with Gasteiger partial charge in [-0.1, -0.05) is 15.9 Å². The van der Waals surface area contributed by atoms with E-state index in [-0.39, 0.29) is 11.9 Å². The first-order valence-corrected chi connectivity index (χ1v) is 4.51. The van der Waals surface area contributed by atoms with E-state index in [1.807, 2.05) is 0 Å². The minimum atomic E-state index is -0.00405. The van der Waals surface area contributed by atoms with Crippen molar-refractivity contribution in [3.8, 4) is 0 Å². The normalized spacial score (nSPS) is 45.3. The third-order valence-electron chi connectivity index (χ3n) is 2.43. The van der Waals surface area contributed by atoms with Crippen molar-refractivity contribution in [1.29, 1.82) is 0 Å². The molecule has 10 heavy (non-hydrogen) atoms. The van der Waals surface area contributed by atoms with Gasteiger partial charge in [-0.15, -0.1) is 0 Å². The monoisotopic (exact) mass is 204 g/mol. The largest absolute Gasteiger partial charge is 0.465 e. The van der Waals surface area contributed by atoms with E-state index in [0.29, 0.717) is 17.4 Å². The van der Waals surface area contributed by atoms with Crippen LogP contribution in [0, 0.1) is 11.8 Å². The molecule has 1 saturated carbocycles. The van der Waals surface area contributed by atoms with E-state index in [1.165, 1.54) is 0 Å². The highest BCUT2D eigenvalue weighted by atomic mass is 79.9. The predicted octanol–water partition coefficient (Wildman–Crippen LogP) is 1.33. The highest BCUT2D eigenvalue weighted by Gasteiger charge is 2.43. The van der Waals surface area contributed by atoms with Gasteiger partial charge < -0.3 is 4.74 Å². The molecule has 0 amide bonds. The predicted molar refractivity (Wildman–Crippen MR) is 39.9 cm³/mol. The highest BCUT2D eigenvalue weighted by Crippen LogP contribution is 2.40. The van der Waals surface area contributed by atoms with Crippen molar-refractivity contribution in [3.63, 3.8) is 0 Å². The van der Waals surface area contributed by atoms with Gasteiger partial charge >= 0.3 is 5.97 Å². The fraction of sp³-hybridized carbons (Fsp3) is 0.857. The first kappa shape index (κ1) is 6.65. The van der Waals surface area contributed by atoms with Crippen LogP contribution in [0.3, 0.4) is 0 Å². The van der Waals surface area contributed by atoms with Crippen molar-refractivity contribution in [2.24, 2.45) is 11.8 Å². The van der Waals surface area contributed by atoms with E-state index in [1.54, 1.807) is 0 Å². The number of carbonyl (C=O) groups is 1. The molecule has 2 aliphatic rings. The Balaban J connectivity index is 2.20. The smallest absolute Gasteiger partial charge is 0.310 e. The third kappa shape index (κ3) is 0.797. The molecule has 1 aliphatic carbocycles. The van der Waals surface area contributed by atoms with Crippen molar-refractivity contribution in [2.45, 2.75) is 17.7 Å². The van der Waals surface area contributed by atoms with Gasteiger partial charge in [0.25, 0.3) is 0 Å². The molecule has 56 valence electrons. The van der Waals surface area contributed by atoms with Crippen molar-refractivity contribution in [3.05, 3.63) is 0 Å². The lowest BCUT2D eigenvalue weighted by Gasteiger charge is -2.23. The van der Waals surface area contributed by atoms with Gasteiger partial charge in [0.15, 0.2) is 0 Å². The summed E-state index contributed by atoms with van der Waals surface area (Å²) in [6.07, 6.45) is 2.16. The number of esters is 1. The summed E-state index contributed by atoms with van der Waals surface area (Å²) in [4.78, 5) is 11.4. The van der Waals surface area contributed by atoms with Crippen LogP contribution in [-0.2, 0) is 9.53 Å². The van der Waals surface area contributed by atoms with Crippen LogP contribution in [0.1, 0.15) is 12.8 Å². The summed E-state index contributed by atoms with van der Waals surface area (Å²) in [7, 11) is 0. The van der Waals surface area contributed by atoms with Crippen molar-refractivity contribution >= 4 is 21.9 Å². The number of cyclic esters (lactones) is 1. The highest BCUT2D eigenvalue weighted by molar-refractivity contribution is 9.09. The maximum absolute atomic E-state index is 11.0. The molecule has 2 bridgehead atoms. The zero-order chi connectivity index (χ0) is 7.14. The van der Waals surface area contributed by atoms with Gasteiger partial charge in [0.2, 0.25) is 0 Å². The lowest BCUT2D eigenvalue weighted by atomic mass is 10.0. The van der Waals surface area contributed by atoms with E-state index >= 15 is 0 Å². The minimum Gasteiger partial charge on any atom is -0.465 e. The van der Waals surface area contributed by atoms with E-state index in [4.69, 9.17) is 4.74 Å². The van der Waals surface area contributed by atoms with Crippen molar-refractivity contribution in [2.75, 3.05) is 6.61 Å². The maximum Gasteiger partial charge on any atom is 0.310 e. The molecule has 2 nitrogen and oxygen atoms in total. The molecule has 1 aliphatic heterocycles. The van der Waals surface area contributed by atoms with Gasteiger partial charge in [0, 0.05) is 10.7 Å². The van der Waals surface area contributed by atoms with Crippen LogP contribution in [0.4, 0.5) is 0 Å². The van der Waals surface area contributed by atoms with Crippen molar-refractivity contribution in [1.82, 2.24) is 0 Å². The molecule has 1 heterocycles. The number of rotatable bonds is 0. The van der Waals surface area contributed by atoms with Crippen LogP contribution in [0.15, 0.2) is 0 Å². The quantitative estimate of drug-likeness (QED) is 0.440. The van der Waals surface area contributed by atoms with Crippen LogP contribution in [0.5, 0.6) is 0 Å². The number of ether oxygens (including phenoxy) is 1. The molecular formula is C7H9BrO2. The zero-order valence-corrected chi connectivity index (χ0v) is 7.13. The second kappa shape index (κ2) is 2.22. The van der Waals surface area contributed by atoms with Crippen LogP contribution < -0.4 is 0 Å². The standard InChI is InChI=1S/C7H9BrO2/c8-6-4-1-2-5(6)7(9)10-3-4/h4-6H,1-3H2. The molecule has 0 aromatic heterocycles. The minimum absolute atomic E-state index is 0.00405.